The fourth-order valence-electron chi connectivity index (χ4n) is 2.39. The zero-order valence-electron chi connectivity index (χ0n) is 12.4. The lowest BCUT2D eigenvalue weighted by Gasteiger charge is -2.29. The Bertz CT molecular complexity index is 735. The van der Waals surface area contributed by atoms with E-state index in [-0.39, 0.29) is 11.0 Å². The normalized spacial score (nSPS) is 15.1. The Hall–Kier alpha value is -1.99. The quantitative estimate of drug-likeness (QED) is 0.825. The number of nitrogens with zero attached hydrogens (tertiary/aromatic N) is 5. The second-order valence-corrected chi connectivity index (χ2v) is 5.49. The van der Waals surface area contributed by atoms with Crippen LogP contribution in [-0.4, -0.2) is 46.1 Å². The van der Waals surface area contributed by atoms with Gasteiger partial charge in [0.2, 0.25) is 0 Å². The van der Waals surface area contributed by atoms with Crippen molar-refractivity contribution in [2.45, 2.75) is 13.8 Å². The number of anilines is 1. The summed E-state index contributed by atoms with van der Waals surface area (Å²) in [5.74, 6) is 0.234. The summed E-state index contributed by atoms with van der Waals surface area (Å²) in [6, 6.07) is 1.83. The Morgan fingerprint density at radius 2 is 1.82 bits per heavy atom. The largest absolute Gasteiger partial charge is 0.378 e. The summed E-state index contributed by atoms with van der Waals surface area (Å²) in [7, 11) is 0. The number of morpholine rings is 1. The van der Waals surface area contributed by atoms with Crippen LogP contribution in [-0.2, 0) is 4.74 Å². The summed E-state index contributed by atoms with van der Waals surface area (Å²) in [5, 5.41) is 4.30. The van der Waals surface area contributed by atoms with Crippen molar-refractivity contribution in [3.05, 3.63) is 39.0 Å². The third-order valence-corrected chi connectivity index (χ3v) is 3.77. The van der Waals surface area contributed by atoms with Crippen molar-refractivity contribution >= 4 is 17.3 Å². The summed E-state index contributed by atoms with van der Waals surface area (Å²) in [5.41, 5.74) is 1.74. The first-order valence-corrected chi connectivity index (χ1v) is 7.37. The van der Waals surface area contributed by atoms with E-state index in [1.54, 1.807) is 6.20 Å². The standard InChI is InChI=1S/C14H16ClN5O2/c1-9-7-10(2)18-14(17-9)20-13(21)12(15)11(8-16-20)19-3-5-22-6-4-19/h7-8H,3-6H2,1-2H3. The number of hydrogen-bond donors (Lipinski definition) is 0. The first-order chi connectivity index (χ1) is 10.6. The molecular weight excluding hydrogens is 306 g/mol. The molecule has 3 heterocycles. The lowest BCUT2D eigenvalue weighted by molar-refractivity contribution is 0.122. The van der Waals surface area contributed by atoms with E-state index in [2.05, 4.69) is 15.1 Å². The SMILES string of the molecule is Cc1cc(C)nc(-n2ncc(N3CCOCC3)c(Cl)c2=O)n1. The van der Waals surface area contributed by atoms with Crippen LogP contribution in [0.3, 0.4) is 0 Å². The Morgan fingerprint density at radius 1 is 1.18 bits per heavy atom. The molecule has 2 aromatic rings. The molecule has 1 aliphatic rings. The molecule has 0 atom stereocenters. The van der Waals surface area contributed by atoms with E-state index in [4.69, 9.17) is 16.3 Å². The van der Waals surface area contributed by atoms with Gasteiger partial charge in [0.1, 0.15) is 5.02 Å². The van der Waals surface area contributed by atoms with Crippen LogP contribution in [0.4, 0.5) is 5.69 Å². The topological polar surface area (TPSA) is 73.1 Å². The molecule has 8 heteroatoms. The molecule has 0 saturated carbocycles. The third kappa shape index (κ3) is 2.82. The second-order valence-electron chi connectivity index (χ2n) is 5.11. The van der Waals surface area contributed by atoms with Crippen LogP contribution >= 0.6 is 11.6 Å². The molecule has 0 radical (unpaired) electrons. The smallest absolute Gasteiger partial charge is 0.295 e. The number of aryl methyl sites for hydroxylation is 2. The third-order valence-electron chi connectivity index (χ3n) is 3.41. The van der Waals surface area contributed by atoms with Gasteiger partial charge < -0.3 is 9.64 Å². The van der Waals surface area contributed by atoms with Crippen molar-refractivity contribution in [2.75, 3.05) is 31.2 Å². The molecule has 22 heavy (non-hydrogen) atoms. The van der Waals surface area contributed by atoms with Crippen LogP contribution in [0.5, 0.6) is 0 Å². The summed E-state index contributed by atoms with van der Waals surface area (Å²) >= 11 is 6.25. The fraction of sp³-hybridized carbons (Fsp3) is 0.429. The van der Waals surface area contributed by atoms with Crippen LogP contribution in [0, 0.1) is 13.8 Å². The average molecular weight is 322 g/mol. The molecule has 0 spiro atoms. The molecule has 0 aromatic carbocycles. The molecule has 0 unspecified atom stereocenters. The van der Waals surface area contributed by atoms with Gasteiger partial charge in [-0.3, -0.25) is 4.79 Å². The van der Waals surface area contributed by atoms with Crippen molar-refractivity contribution in [3.8, 4) is 5.95 Å². The summed E-state index contributed by atoms with van der Waals surface area (Å²) in [6.07, 6.45) is 1.58. The first-order valence-electron chi connectivity index (χ1n) is 6.99. The number of halogens is 1. The predicted molar refractivity (Wildman–Crippen MR) is 82.9 cm³/mol. The molecule has 0 N–H and O–H groups in total. The lowest BCUT2D eigenvalue weighted by Crippen LogP contribution is -2.38. The number of hydrogen-bond acceptors (Lipinski definition) is 6. The van der Waals surface area contributed by atoms with E-state index in [1.165, 1.54) is 0 Å². The first kappa shape index (κ1) is 14.9. The van der Waals surface area contributed by atoms with Gasteiger partial charge in [0.25, 0.3) is 11.5 Å². The zero-order chi connectivity index (χ0) is 15.7. The zero-order valence-corrected chi connectivity index (χ0v) is 13.2. The summed E-state index contributed by atoms with van der Waals surface area (Å²) < 4.78 is 6.43. The van der Waals surface area contributed by atoms with E-state index in [9.17, 15) is 4.79 Å². The molecule has 1 aliphatic heterocycles. The van der Waals surface area contributed by atoms with Gasteiger partial charge in [-0.15, -0.1) is 0 Å². The minimum Gasteiger partial charge on any atom is -0.378 e. The molecular formula is C14H16ClN5O2. The van der Waals surface area contributed by atoms with Gasteiger partial charge in [-0.25, -0.2) is 9.97 Å². The van der Waals surface area contributed by atoms with Crippen molar-refractivity contribution in [2.24, 2.45) is 0 Å². The second kappa shape index (κ2) is 6.02. The van der Waals surface area contributed by atoms with Crippen molar-refractivity contribution in [3.63, 3.8) is 0 Å². The van der Waals surface area contributed by atoms with E-state index in [1.807, 2.05) is 24.8 Å². The Balaban J connectivity index is 2.04. The molecule has 116 valence electrons. The highest BCUT2D eigenvalue weighted by molar-refractivity contribution is 6.33. The highest BCUT2D eigenvalue weighted by atomic mass is 35.5. The van der Waals surface area contributed by atoms with Crippen LogP contribution in [0.25, 0.3) is 5.95 Å². The highest BCUT2D eigenvalue weighted by Crippen LogP contribution is 2.22. The van der Waals surface area contributed by atoms with Crippen molar-refractivity contribution in [1.29, 1.82) is 0 Å². The predicted octanol–water partition coefficient (Wildman–Crippen LogP) is 1.13. The molecule has 3 rings (SSSR count). The van der Waals surface area contributed by atoms with Gasteiger partial charge in [0.05, 0.1) is 25.1 Å². The van der Waals surface area contributed by atoms with Gasteiger partial charge in [0.15, 0.2) is 0 Å². The van der Waals surface area contributed by atoms with Gasteiger partial charge in [-0.2, -0.15) is 9.78 Å². The molecule has 1 fully saturated rings. The monoisotopic (exact) mass is 321 g/mol. The maximum absolute atomic E-state index is 12.5. The van der Waals surface area contributed by atoms with Gasteiger partial charge in [-0.1, -0.05) is 11.6 Å². The van der Waals surface area contributed by atoms with Gasteiger partial charge in [0, 0.05) is 24.5 Å². The highest BCUT2D eigenvalue weighted by Gasteiger charge is 2.19. The number of ether oxygens (including phenoxy) is 1. The molecule has 0 amide bonds. The average Bonchev–Trinajstić information content (AvgIpc) is 2.50. The molecule has 7 nitrogen and oxygen atoms in total. The van der Waals surface area contributed by atoms with E-state index in [0.29, 0.717) is 32.0 Å². The fourth-order valence-corrected chi connectivity index (χ4v) is 2.64. The minimum atomic E-state index is -0.421. The Kier molecular flexibility index (Phi) is 4.08. The molecule has 0 bridgehead atoms. The van der Waals surface area contributed by atoms with Crippen molar-refractivity contribution in [1.82, 2.24) is 19.7 Å². The minimum absolute atomic E-state index is 0.125. The van der Waals surface area contributed by atoms with Gasteiger partial charge >= 0.3 is 0 Å². The molecule has 0 aliphatic carbocycles. The van der Waals surface area contributed by atoms with Crippen LogP contribution in [0.2, 0.25) is 5.02 Å². The Morgan fingerprint density at radius 3 is 2.45 bits per heavy atom. The van der Waals surface area contributed by atoms with E-state index < -0.39 is 5.56 Å². The van der Waals surface area contributed by atoms with Gasteiger partial charge in [-0.05, 0) is 19.9 Å². The van der Waals surface area contributed by atoms with Crippen molar-refractivity contribution < 1.29 is 4.74 Å². The summed E-state index contributed by atoms with van der Waals surface area (Å²) in [4.78, 5) is 23.0. The number of rotatable bonds is 2. The van der Waals surface area contributed by atoms with Crippen LogP contribution in [0.15, 0.2) is 17.1 Å². The Labute approximate surface area is 132 Å². The molecule has 2 aromatic heterocycles. The van der Waals surface area contributed by atoms with Crippen LogP contribution < -0.4 is 10.5 Å². The van der Waals surface area contributed by atoms with E-state index >= 15 is 0 Å². The lowest BCUT2D eigenvalue weighted by atomic mass is 10.3. The maximum atomic E-state index is 12.5. The summed E-state index contributed by atoms with van der Waals surface area (Å²) in [6.45, 7) is 6.27. The van der Waals surface area contributed by atoms with E-state index in [0.717, 1.165) is 16.1 Å². The maximum Gasteiger partial charge on any atom is 0.295 e. The number of aromatic nitrogens is 4. The molecule has 1 saturated heterocycles. The van der Waals surface area contributed by atoms with Crippen LogP contribution in [0.1, 0.15) is 11.4 Å².